The summed E-state index contributed by atoms with van der Waals surface area (Å²) in [5.41, 5.74) is 3.32. The molecule has 2 bridgehead atoms. The normalized spacial score (nSPS) is 22.7. The van der Waals surface area contributed by atoms with E-state index in [1.165, 1.54) is 63.6 Å². The van der Waals surface area contributed by atoms with Crippen LogP contribution < -0.4 is 31.5 Å². The third kappa shape index (κ3) is 13.0. The highest BCUT2D eigenvalue weighted by Crippen LogP contribution is 2.65. The van der Waals surface area contributed by atoms with E-state index in [4.69, 9.17) is 4.74 Å². The van der Waals surface area contributed by atoms with Crippen LogP contribution in [-0.4, -0.2) is 150 Å². The number of barbiturate groups is 1. The number of carbonyl (C=O) groups is 4. The predicted molar refractivity (Wildman–Crippen MR) is 355 cm³/mol. The fraction of sp³-hybridized carbons (Fsp3) is 0.500. The van der Waals surface area contributed by atoms with Gasteiger partial charge in [0.2, 0.25) is 11.8 Å². The van der Waals surface area contributed by atoms with Crippen molar-refractivity contribution in [3.8, 4) is 17.2 Å². The van der Waals surface area contributed by atoms with Crippen molar-refractivity contribution in [2.24, 2.45) is 44.3 Å². The molecule has 13 rings (SSSR count). The molecule has 91 heavy (non-hydrogen) atoms. The van der Waals surface area contributed by atoms with E-state index in [1.54, 1.807) is 30.8 Å². The summed E-state index contributed by atoms with van der Waals surface area (Å²) in [5, 5.41) is 36.1. The Bertz CT molecular complexity index is 3750. The van der Waals surface area contributed by atoms with Gasteiger partial charge >= 0.3 is 11.7 Å². The number of benzene rings is 4. The van der Waals surface area contributed by atoms with Crippen molar-refractivity contribution in [3.05, 3.63) is 141 Å². The standard InChI is InChI=1S/C20H23NO4.C17H20N2S.C14H23NO.C11H16N2O3.C8H10N4O2/c22-13-4-3-12-9-15-20(24)6-5-14(23)18-19(20,16(12)17(13)25-18)7-8-21(15)10-11-1-2-11;1-13(18(2)3)12-19-14-8-4-6-10-16(14)20-17-11-7-5-9-15(17)19;1-5-14(11(2)10-15(3)4)12-7-6-8-13(16)9-12;1-4-6-11(7(3)5-2)8(14)12-10(16)13-9(11)15;1-10-4-9-6-5(10)7(13)12(3)8(14)11(6)2/h3-4,11,15,18,22,24H,1-2,5-10H2;4-11,13H,12H2,1-3H3;6-9,11,14,16H,5,10H2,1-4H3;4,7H,1,5-6H2,2-3H3,(H2,12,13,14,15,16);4H,1-3H3/t15-,18+,19+,20-;;11-,14+;;/m1.0../s1. The lowest BCUT2D eigenvalue weighted by molar-refractivity contribution is -0.188. The number of ether oxygens (including phenoxy) is 1. The molecule has 6 heterocycles. The van der Waals surface area contributed by atoms with Gasteiger partial charge in [-0.1, -0.05) is 94.4 Å². The molecule has 8 atom stereocenters. The molecule has 2 aromatic heterocycles. The molecule has 1 spiro atoms. The van der Waals surface area contributed by atoms with Gasteiger partial charge in [0.25, 0.3) is 5.56 Å². The number of aliphatic hydroxyl groups is 1. The van der Waals surface area contributed by atoms with Gasteiger partial charge in [-0.05, 0) is 164 Å². The van der Waals surface area contributed by atoms with Crippen molar-refractivity contribution in [1.29, 1.82) is 0 Å². The molecule has 5 N–H and O–H groups in total. The number of carbonyl (C=O) groups excluding carboxylic acids is 4. The minimum atomic E-state index is -1.20. The number of para-hydroxylation sites is 2. The van der Waals surface area contributed by atoms with Crippen LogP contribution in [0, 0.1) is 23.2 Å². The van der Waals surface area contributed by atoms with Crippen molar-refractivity contribution in [3.63, 3.8) is 0 Å². The topological polar surface area (TPSA) is 237 Å². The number of nitrogens with zero attached hydrogens (tertiary/aromatic N) is 8. The number of aromatic hydroxyl groups is 2. The van der Waals surface area contributed by atoms with Gasteiger partial charge in [0.1, 0.15) is 11.2 Å². The summed E-state index contributed by atoms with van der Waals surface area (Å²) in [4.78, 5) is 86.7. The molecule has 4 fully saturated rings. The number of hydrogen-bond acceptors (Lipinski definition) is 16. The van der Waals surface area contributed by atoms with E-state index in [-0.39, 0.29) is 41.2 Å². The van der Waals surface area contributed by atoms with Crippen molar-refractivity contribution >= 4 is 57.9 Å². The summed E-state index contributed by atoms with van der Waals surface area (Å²) in [6.07, 6.45) is 9.38. The van der Waals surface area contributed by atoms with E-state index in [0.717, 1.165) is 67.1 Å². The maximum Gasteiger partial charge on any atom is 0.332 e. The number of urea groups is 1. The highest BCUT2D eigenvalue weighted by atomic mass is 32.2. The first-order chi connectivity index (χ1) is 43.3. The summed E-state index contributed by atoms with van der Waals surface area (Å²) in [7, 11) is 13.3. The minimum Gasteiger partial charge on any atom is -0.508 e. The third-order valence-corrected chi connectivity index (χ3v) is 21.1. The molecule has 2 saturated carbocycles. The number of nitrogens with one attached hydrogen (secondary N) is 2. The largest absolute Gasteiger partial charge is 0.508 e. The van der Waals surface area contributed by atoms with Crippen LogP contribution in [-0.2, 0) is 47.4 Å². The number of rotatable bonds is 14. The number of likely N-dealkylation sites (N-methyl/N-ethyl adjacent to an activating group) is 1. The minimum absolute atomic E-state index is 0.0454. The fourth-order valence-electron chi connectivity index (χ4n) is 14.5. The molecule has 2 unspecified atom stereocenters. The number of hydrogen-bond donors (Lipinski definition) is 5. The molecule has 0 radical (unpaired) electrons. The highest BCUT2D eigenvalue weighted by Gasteiger charge is 2.73. The lowest BCUT2D eigenvalue weighted by Crippen LogP contribution is -2.76. The second kappa shape index (κ2) is 27.7. The SMILES string of the molecule is C=CCC1(C(C)CC)C(=O)NC(=O)NC1=O.CC(CN1c2ccccc2Sc2ccccc21)N(C)C.CC[C@@H](c1cccc(O)c1)[C@@H](C)CN(C)C.Cn1c(=O)c2c(ncn2C)n(C)c1=O.O=C1CC[C@@]2(O)[C@H]3Cc4ccc(O)c5c4[C@@]2(CCN3CC2CC2)[C@H]1O5. The Labute approximate surface area is 538 Å². The van der Waals surface area contributed by atoms with Gasteiger partial charge in [0.05, 0.1) is 28.7 Å². The number of imidazole rings is 1. The Kier molecular flexibility index (Phi) is 20.7. The van der Waals surface area contributed by atoms with E-state index in [1.807, 2.05) is 43.8 Å². The Morgan fingerprint density at radius 1 is 0.835 bits per heavy atom. The van der Waals surface area contributed by atoms with E-state index in [9.17, 15) is 44.1 Å². The third-order valence-electron chi connectivity index (χ3n) is 20.0. The molecule has 6 aromatic rings. The molecule has 20 nitrogen and oxygen atoms in total. The van der Waals surface area contributed by atoms with E-state index in [0.29, 0.717) is 59.8 Å². The molecule has 4 aromatic carbocycles. The Hall–Kier alpha value is -7.56. The van der Waals surface area contributed by atoms with E-state index >= 15 is 0 Å². The number of allylic oxidation sites excluding steroid dienone is 1. The summed E-state index contributed by atoms with van der Waals surface area (Å²) in [5.74, 6) is 1.66. The van der Waals surface area contributed by atoms with Crippen LogP contribution in [0.15, 0.2) is 123 Å². The molecular formula is C70H92N10O10S. The molecular weight excluding hydrogens is 1170 g/mol. The molecule has 21 heteroatoms. The van der Waals surface area contributed by atoms with Crippen LogP contribution in [0.5, 0.6) is 17.2 Å². The Morgan fingerprint density at radius 2 is 1.48 bits per heavy atom. The van der Waals surface area contributed by atoms with Crippen LogP contribution in [0.2, 0.25) is 0 Å². The van der Waals surface area contributed by atoms with Gasteiger partial charge in [-0.3, -0.25) is 43.8 Å². The number of imide groups is 2. The first kappa shape index (κ1) is 67.8. The van der Waals surface area contributed by atoms with Gasteiger partial charge < -0.3 is 39.3 Å². The second-order valence-electron chi connectivity index (χ2n) is 26.3. The van der Waals surface area contributed by atoms with Crippen molar-refractivity contribution < 1.29 is 39.2 Å². The number of amides is 4. The number of likely N-dealkylation sites (tertiary alicyclic amines) is 1. The molecule has 3 aliphatic carbocycles. The highest BCUT2D eigenvalue weighted by molar-refractivity contribution is 7.99. The maximum absolute atomic E-state index is 12.7. The zero-order chi connectivity index (χ0) is 66.0. The fourth-order valence-corrected chi connectivity index (χ4v) is 15.6. The van der Waals surface area contributed by atoms with Gasteiger partial charge in [-0.15, -0.1) is 6.58 Å². The number of Topliss-reactive ketones (excluding diaryl/α,β-unsaturated/α-hetero) is 1. The number of phenolic OH excluding ortho intramolecular Hbond substituents is 2. The summed E-state index contributed by atoms with van der Waals surface area (Å²) >= 11 is 1.87. The van der Waals surface area contributed by atoms with Crippen LogP contribution in [0.4, 0.5) is 16.2 Å². The van der Waals surface area contributed by atoms with Crippen molar-refractivity contribution in [2.75, 3.05) is 59.3 Å². The maximum atomic E-state index is 12.7. The smallest absolute Gasteiger partial charge is 0.332 e. The number of piperidine rings is 1. The number of aromatic nitrogens is 4. The molecule has 488 valence electrons. The summed E-state index contributed by atoms with van der Waals surface area (Å²) in [6, 6.07) is 28.5. The van der Waals surface area contributed by atoms with Gasteiger partial charge in [0.15, 0.2) is 34.6 Å². The summed E-state index contributed by atoms with van der Waals surface area (Å²) in [6.45, 7) is 18.1. The van der Waals surface area contributed by atoms with Gasteiger partial charge in [0, 0.05) is 74.6 Å². The average molecular weight is 1270 g/mol. The molecule has 7 aliphatic rings. The van der Waals surface area contributed by atoms with Crippen LogP contribution in [0.3, 0.4) is 0 Å². The Balaban J connectivity index is 0.000000137. The lowest BCUT2D eigenvalue weighted by Gasteiger charge is -2.62. The Morgan fingerprint density at radius 3 is 2.07 bits per heavy atom. The molecule has 2 saturated heterocycles. The van der Waals surface area contributed by atoms with Crippen molar-refractivity contribution in [1.82, 2.24) is 44.0 Å². The first-order valence-corrected chi connectivity index (χ1v) is 32.7. The number of phenols is 2. The molecule has 4 aliphatic heterocycles. The second-order valence-corrected chi connectivity index (χ2v) is 27.4. The van der Waals surface area contributed by atoms with Crippen molar-refractivity contribution in [2.45, 2.75) is 137 Å². The number of ketones is 1. The quantitative estimate of drug-likeness (QED) is 0.0506. The van der Waals surface area contributed by atoms with E-state index in [2.05, 4.69) is 145 Å². The first-order valence-electron chi connectivity index (χ1n) is 31.9. The van der Waals surface area contributed by atoms with Crippen LogP contribution in [0.25, 0.3) is 11.2 Å². The zero-order valence-electron chi connectivity index (χ0n) is 54.9. The van der Waals surface area contributed by atoms with Gasteiger partial charge in [-0.25, -0.2) is 14.6 Å². The summed E-state index contributed by atoms with van der Waals surface area (Å²) < 4.78 is 10.1. The predicted octanol–water partition coefficient (Wildman–Crippen LogP) is 8.78. The van der Waals surface area contributed by atoms with E-state index < -0.39 is 40.4 Å². The zero-order valence-corrected chi connectivity index (χ0v) is 55.7. The van der Waals surface area contributed by atoms with Gasteiger partial charge in [-0.2, -0.15) is 0 Å². The lowest BCUT2D eigenvalue weighted by atomic mass is 9.49. The number of aryl methyl sites for hydroxylation is 2. The average Bonchev–Trinajstić information content (AvgIpc) is 1.57. The number of anilines is 2. The molecule has 4 amide bonds. The number of fused-ring (bicyclic) bond motifs is 3. The van der Waals surface area contributed by atoms with Crippen LogP contribution >= 0.6 is 11.8 Å². The van der Waals surface area contributed by atoms with Crippen LogP contribution in [0.1, 0.15) is 109 Å². The monoisotopic (exact) mass is 1260 g/mol.